The monoisotopic (exact) mass is 684 g/mol. The number of hydrogen-bond acceptors (Lipinski definition) is 2. The minimum atomic E-state index is 0.132. The van der Waals surface area contributed by atoms with Crippen LogP contribution in [0.25, 0.3) is 55.7 Å². The number of aromatic nitrogens is 2. The van der Waals surface area contributed by atoms with E-state index in [1.807, 2.05) is 23.5 Å². The molecule has 0 spiro atoms. The Balaban J connectivity index is 1.31. The molecule has 0 atom stereocenters. The van der Waals surface area contributed by atoms with Crippen LogP contribution in [0, 0.1) is 0 Å². The van der Waals surface area contributed by atoms with E-state index in [0.29, 0.717) is 0 Å². The van der Waals surface area contributed by atoms with Gasteiger partial charge in [-0.1, -0.05) is 144 Å². The van der Waals surface area contributed by atoms with Gasteiger partial charge in [0.2, 0.25) is 6.71 Å². The number of nitrogens with zero attached hydrogens (tertiary/aromatic N) is 2. The van der Waals surface area contributed by atoms with Gasteiger partial charge in [-0.05, 0) is 72.2 Å². The molecule has 7 aromatic carbocycles. The first-order valence-electron chi connectivity index (χ1n) is 17.4. The Morgan fingerprint density at radius 1 is 0.392 bits per heavy atom. The van der Waals surface area contributed by atoms with E-state index in [2.05, 4.69) is 185 Å². The Morgan fingerprint density at radius 2 is 0.804 bits per heavy atom. The lowest BCUT2D eigenvalue weighted by molar-refractivity contribution is 1.11. The molecule has 0 fully saturated rings. The van der Waals surface area contributed by atoms with Gasteiger partial charge in [0.25, 0.3) is 0 Å². The third-order valence-electron chi connectivity index (χ3n) is 10.4. The fourth-order valence-electron chi connectivity index (χ4n) is 8.27. The first kappa shape index (κ1) is 29.1. The molecule has 238 valence electrons. The fourth-order valence-corrected chi connectivity index (χ4v) is 10.9. The highest BCUT2D eigenvalue weighted by Gasteiger charge is 2.41. The molecule has 4 heterocycles. The van der Waals surface area contributed by atoms with Gasteiger partial charge in [0, 0.05) is 52.9 Å². The summed E-state index contributed by atoms with van der Waals surface area (Å²) in [5.41, 5.74) is 13.9. The van der Waals surface area contributed by atoms with Gasteiger partial charge in [-0.3, -0.25) is 0 Å². The predicted molar refractivity (Wildman–Crippen MR) is 217 cm³/mol. The number of rotatable bonds is 4. The second kappa shape index (κ2) is 11.5. The zero-order valence-corrected chi connectivity index (χ0v) is 29.2. The number of benzene rings is 7. The Morgan fingerprint density at radius 3 is 1.29 bits per heavy atom. The first-order chi connectivity index (χ1) is 25.3. The molecule has 5 heteroatoms. The lowest BCUT2D eigenvalue weighted by Gasteiger charge is -2.35. The molecule has 2 nitrogen and oxygen atoms in total. The van der Waals surface area contributed by atoms with Crippen molar-refractivity contribution in [1.29, 1.82) is 0 Å². The smallest absolute Gasteiger partial charge is 0.247 e. The Bertz CT molecular complexity index is 2630. The largest absolute Gasteiger partial charge is 0.309 e. The summed E-state index contributed by atoms with van der Waals surface area (Å²) in [4.78, 5) is 5.36. The van der Waals surface area contributed by atoms with Crippen LogP contribution in [-0.4, -0.2) is 15.8 Å². The van der Waals surface area contributed by atoms with Gasteiger partial charge in [-0.25, -0.2) is 0 Å². The first-order valence-corrected chi connectivity index (χ1v) is 19.0. The van der Waals surface area contributed by atoms with Crippen LogP contribution < -0.4 is 16.4 Å². The van der Waals surface area contributed by atoms with Crippen molar-refractivity contribution in [1.82, 2.24) is 9.13 Å². The molecule has 2 aliphatic heterocycles. The molecule has 0 radical (unpaired) electrons. The van der Waals surface area contributed by atoms with E-state index in [4.69, 9.17) is 0 Å². The highest BCUT2D eigenvalue weighted by atomic mass is 32.2. The molecule has 11 rings (SSSR count). The van der Waals surface area contributed by atoms with E-state index in [1.54, 1.807) is 0 Å². The maximum absolute atomic E-state index is 2.51. The van der Waals surface area contributed by atoms with Gasteiger partial charge in [0.05, 0.1) is 22.4 Å². The van der Waals surface area contributed by atoms with Gasteiger partial charge in [0.15, 0.2) is 0 Å². The fraction of sp³-hybridized carbons (Fsp3) is 0. The van der Waals surface area contributed by atoms with E-state index >= 15 is 0 Å². The van der Waals surface area contributed by atoms with Crippen molar-refractivity contribution in [3.63, 3.8) is 0 Å². The summed E-state index contributed by atoms with van der Waals surface area (Å²) in [6, 6.07) is 64.7. The van der Waals surface area contributed by atoms with E-state index in [9.17, 15) is 0 Å². The number of hydrogen-bond donors (Lipinski definition) is 0. The predicted octanol–water partition coefficient (Wildman–Crippen LogP) is 10.4. The molecular formula is C46H29BN2S2. The summed E-state index contributed by atoms with van der Waals surface area (Å²) in [6.07, 6.45) is 0. The molecule has 0 N–H and O–H groups in total. The molecule has 0 unspecified atom stereocenters. The van der Waals surface area contributed by atoms with E-state index < -0.39 is 0 Å². The van der Waals surface area contributed by atoms with Crippen molar-refractivity contribution in [2.24, 2.45) is 0 Å². The summed E-state index contributed by atoms with van der Waals surface area (Å²) in [5.74, 6) is 0. The van der Waals surface area contributed by atoms with Crippen molar-refractivity contribution >= 4 is 68.4 Å². The van der Waals surface area contributed by atoms with E-state index in [0.717, 1.165) is 11.4 Å². The summed E-state index contributed by atoms with van der Waals surface area (Å²) in [6.45, 7) is 0.132. The van der Waals surface area contributed by atoms with Crippen molar-refractivity contribution < 1.29 is 0 Å². The molecule has 9 aromatic rings. The summed E-state index contributed by atoms with van der Waals surface area (Å²) in [5, 5.41) is 2.47. The Kier molecular flexibility index (Phi) is 6.55. The lowest BCUT2D eigenvalue weighted by atomic mass is 9.36. The van der Waals surface area contributed by atoms with Crippen LogP contribution in [0.1, 0.15) is 0 Å². The van der Waals surface area contributed by atoms with E-state index in [-0.39, 0.29) is 6.71 Å². The average Bonchev–Trinajstić information content (AvgIpc) is 3.78. The normalized spacial score (nSPS) is 12.9. The molecule has 0 aliphatic carbocycles. The summed E-state index contributed by atoms with van der Waals surface area (Å²) in [7, 11) is 0. The Labute approximate surface area is 305 Å². The maximum atomic E-state index is 2.51. The Hall–Kier alpha value is -5.62. The topological polar surface area (TPSA) is 9.86 Å². The van der Waals surface area contributed by atoms with Crippen LogP contribution in [0.5, 0.6) is 0 Å². The van der Waals surface area contributed by atoms with Gasteiger partial charge >= 0.3 is 0 Å². The van der Waals surface area contributed by atoms with Gasteiger partial charge in [-0.15, -0.1) is 0 Å². The summed E-state index contributed by atoms with van der Waals surface area (Å²) >= 11 is 3.87. The van der Waals surface area contributed by atoms with Crippen LogP contribution in [0.4, 0.5) is 0 Å². The standard InChI is InChI=1S/C46H29BN2S2/c1-3-17-32(18-4-1)48-38-23-11-7-15-30(38)27-40(48)34-29-35(41-28-31-16-8-12-24-39(31)49(41)33-19-5-2-6-20-33)46-44-45(34)50-42-25-13-9-21-36(42)47(44)37-22-10-14-26-43(37)51-46/h1-29H. The molecule has 0 saturated carbocycles. The maximum Gasteiger partial charge on any atom is 0.247 e. The van der Waals surface area contributed by atoms with Crippen LogP contribution in [0.2, 0.25) is 0 Å². The molecule has 51 heavy (non-hydrogen) atoms. The van der Waals surface area contributed by atoms with Gasteiger partial charge in [-0.2, -0.15) is 0 Å². The number of para-hydroxylation sites is 4. The highest BCUT2D eigenvalue weighted by molar-refractivity contribution is 8.01. The molecule has 2 aliphatic rings. The van der Waals surface area contributed by atoms with Crippen molar-refractivity contribution in [2.75, 3.05) is 0 Å². The van der Waals surface area contributed by atoms with E-state index in [1.165, 1.54) is 80.3 Å². The van der Waals surface area contributed by atoms with Crippen molar-refractivity contribution in [3.8, 4) is 33.9 Å². The van der Waals surface area contributed by atoms with Crippen LogP contribution in [-0.2, 0) is 0 Å². The third kappa shape index (κ3) is 4.42. The zero-order chi connectivity index (χ0) is 33.5. The lowest BCUT2D eigenvalue weighted by Crippen LogP contribution is -2.58. The van der Waals surface area contributed by atoms with Crippen LogP contribution in [0.15, 0.2) is 196 Å². The molecule has 0 bridgehead atoms. The second-order valence-corrected chi connectivity index (χ2v) is 15.4. The number of fused-ring (bicyclic) bond motifs is 6. The van der Waals surface area contributed by atoms with Crippen LogP contribution >= 0.6 is 23.5 Å². The molecule has 0 saturated heterocycles. The molecular weight excluding hydrogens is 655 g/mol. The molecule has 0 amide bonds. The average molecular weight is 685 g/mol. The molecule has 2 aromatic heterocycles. The zero-order valence-electron chi connectivity index (χ0n) is 27.5. The second-order valence-electron chi connectivity index (χ2n) is 13.3. The minimum absolute atomic E-state index is 0.132. The minimum Gasteiger partial charge on any atom is -0.309 e. The van der Waals surface area contributed by atoms with Crippen molar-refractivity contribution in [3.05, 3.63) is 176 Å². The van der Waals surface area contributed by atoms with Crippen LogP contribution in [0.3, 0.4) is 0 Å². The van der Waals surface area contributed by atoms with Crippen molar-refractivity contribution in [2.45, 2.75) is 19.6 Å². The summed E-state index contributed by atoms with van der Waals surface area (Å²) < 4.78 is 4.92. The van der Waals surface area contributed by atoms with Gasteiger partial charge < -0.3 is 9.13 Å². The van der Waals surface area contributed by atoms with Gasteiger partial charge in [0.1, 0.15) is 0 Å². The SMILES string of the molecule is c1ccc(-n2c(-c3cc(-c4cc5ccccc5n4-c4ccccc4)c4c5c3Sc3ccccc3B5c3ccccc3S4)cc3ccccc32)cc1. The quantitative estimate of drug-likeness (QED) is 0.171. The highest BCUT2D eigenvalue weighted by Crippen LogP contribution is 2.49. The third-order valence-corrected chi connectivity index (χ3v) is 12.9.